The van der Waals surface area contributed by atoms with Gasteiger partial charge in [0, 0.05) is 13.0 Å². The van der Waals surface area contributed by atoms with E-state index in [1.54, 1.807) is 0 Å². The van der Waals surface area contributed by atoms with E-state index in [1.165, 1.54) is 32.1 Å². The average molecular weight is 255 g/mol. The summed E-state index contributed by atoms with van der Waals surface area (Å²) in [5.41, 5.74) is 0.110. The lowest BCUT2D eigenvalue weighted by Crippen LogP contribution is -2.39. The molecule has 1 aliphatic carbocycles. The van der Waals surface area contributed by atoms with Gasteiger partial charge in [-0.3, -0.25) is 9.59 Å². The van der Waals surface area contributed by atoms with Crippen LogP contribution in [0, 0.1) is 11.3 Å². The van der Waals surface area contributed by atoms with Crippen LogP contribution in [0.25, 0.3) is 0 Å². The molecule has 0 aliphatic heterocycles. The van der Waals surface area contributed by atoms with Crippen molar-refractivity contribution in [3.8, 4) is 0 Å². The molecule has 0 saturated heterocycles. The van der Waals surface area contributed by atoms with Crippen LogP contribution in [0.5, 0.6) is 0 Å². The maximum absolute atomic E-state index is 11.5. The normalized spacial score (nSPS) is 17.4. The van der Waals surface area contributed by atoms with Gasteiger partial charge >= 0.3 is 5.97 Å². The molecule has 1 fully saturated rings. The van der Waals surface area contributed by atoms with Crippen molar-refractivity contribution in [2.75, 3.05) is 6.54 Å². The van der Waals surface area contributed by atoms with Crippen LogP contribution < -0.4 is 5.32 Å². The Bertz CT molecular complexity index is 293. The predicted molar refractivity (Wildman–Crippen MR) is 70.2 cm³/mol. The predicted octanol–water partition coefficient (Wildman–Crippen LogP) is 2.57. The lowest BCUT2D eigenvalue weighted by Gasteiger charge is -2.37. The summed E-state index contributed by atoms with van der Waals surface area (Å²) in [7, 11) is 0. The zero-order chi connectivity index (χ0) is 13.6. The molecule has 1 rings (SSSR count). The van der Waals surface area contributed by atoms with Crippen molar-refractivity contribution in [2.45, 2.75) is 58.8 Å². The molecule has 0 aromatic carbocycles. The molecule has 1 aliphatic rings. The maximum Gasteiger partial charge on any atom is 0.303 e. The molecular weight excluding hydrogens is 230 g/mol. The number of carboxylic acid groups (broad SMARTS) is 1. The second kappa shape index (κ2) is 6.76. The Hall–Kier alpha value is -1.06. The van der Waals surface area contributed by atoms with Crippen molar-refractivity contribution in [1.29, 1.82) is 0 Å². The molecule has 1 amide bonds. The quantitative estimate of drug-likeness (QED) is 0.766. The van der Waals surface area contributed by atoms with Gasteiger partial charge in [-0.1, -0.05) is 33.1 Å². The highest BCUT2D eigenvalue weighted by Crippen LogP contribution is 2.37. The summed E-state index contributed by atoms with van der Waals surface area (Å²) in [6, 6.07) is 0. The summed E-state index contributed by atoms with van der Waals surface area (Å²) in [6.07, 6.45) is 6.40. The first-order valence-corrected chi connectivity index (χ1v) is 6.90. The van der Waals surface area contributed by atoms with Gasteiger partial charge in [-0.25, -0.2) is 0 Å². The van der Waals surface area contributed by atoms with Crippen LogP contribution in [0.3, 0.4) is 0 Å². The second-order valence-corrected chi connectivity index (χ2v) is 5.99. The van der Waals surface area contributed by atoms with Gasteiger partial charge in [0.05, 0.1) is 6.42 Å². The summed E-state index contributed by atoms with van der Waals surface area (Å²) in [5, 5.41) is 11.4. The van der Waals surface area contributed by atoms with E-state index < -0.39 is 5.97 Å². The highest BCUT2D eigenvalue weighted by Gasteiger charge is 2.30. The molecule has 1 saturated carbocycles. The maximum atomic E-state index is 11.5. The summed E-state index contributed by atoms with van der Waals surface area (Å²) < 4.78 is 0. The van der Waals surface area contributed by atoms with Crippen LogP contribution in [0.1, 0.15) is 58.8 Å². The Balaban J connectivity index is 2.31. The monoisotopic (exact) mass is 255 g/mol. The van der Waals surface area contributed by atoms with E-state index in [4.69, 9.17) is 5.11 Å². The van der Waals surface area contributed by atoms with Gasteiger partial charge in [-0.05, 0) is 24.2 Å². The summed E-state index contributed by atoms with van der Waals surface area (Å²) in [6.45, 7) is 5.04. The smallest absolute Gasteiger partial charge is 0.303 e. The van der Waals surface area contributed by atoms with E-state index in [1.807, 2.05) is 0 Å². The SMILES string of the molecule is CC(C)(CNC(=O)CCC(=O)O)C1CCCCC1. The van der Waals surface area contributed by atoms with Gasteiger partial charge in [-0.2, -0.15) is 0 Å². The minimum absolute atomic E-state index is 0.0794. The molecule has 0 unspecified atom stereocenters. The standard InChI is InChI=1S/C14H25NO3/c1-14(2,11-6-4-3-5-7-11)10-15-12(16)8-9-13(17)18/h11H,3-10H2,1-2H3,(H,15,16)(H,17,18). The Kier molecular flexibility index (Phi) is 5.63. The van der Waals surface area contributed by atoms with Crippen molar-refractivity contribution in [3.05, 3.63) is 0 Å². The number of carbonyl (C=O) groups is 2. The third kappa shape index (κ3) is 5.07. The molecule has 0 radical (unpaired) electrons. The van der Waals surface area contributed by atoms with E-state index in [9.17, 15) is 9.59 Å². The molecule has 4 heteroatoms. The van der Waals surface area contributed by atoms with Crippen molar-refractivity contribution >= 4 is 11.9 Å². The highest BCUT2D eigenvalue weighted by molar-refractivity contribution is 5.80. The first kappa shape index (κ1) is 15.0. The van der Waals surface area contributed by atoms with E-state index in [-0.39, 0.29) is 24.2 Å². The number of amides is 1. The number of hydrogen-bond donors (Lipinski definition) is 2. The van der Waals surface area contributed by atoms with Crippen molar-refractivity contribution in [2.24, 2.45) is 11.3 Å². The van der Waals surface area contributed by atoms with Crippen LogP contribution in [0.4, 0.5) is 0 Å². The fraction of sp³-hybridized carbons (Fsp3) is 0.857. The third-order valence-electron chi connectivity index (χ3n) is 4.02. The molecule has 0 spiro atoms. The van der Waals surface area contributed by atoms with Crippen LogP contribution in [0.15, 0.2) is 0 Å². The van der Waals surface area contributed by atoms with Crippen LogP contribution in [0.2, 0.25) is 0 Å². The summed E-state index contributed by atoms with van der Waals surface area (Å²) >= 11 is 0. The van der Waals surface area contributed by atoms with Crippen LogP contribution >= 0.6 is 0 Å². The molecule has 0 heterocycles. The topological polar surface area (TPSA) is 66.4 Å². The molecular formula is C14H25NO3. The zero-order valence-corrected chi connectivity index (χ0v) is 11.5. The fourth-order valence-electron chi connectivity index (χ4n) is 2.66. The minimum atomic E-state index is -0.920. The first-order chi connectivity index (χ1) is 8.42. The lowest BCUT2D eigenvalue weighted by atomic mass is 9.71. The lowest BCUT2D eigenvalue weighted by molar-refractivity contribution is -0.138. The number of hydrogen-bond acceptors (Lipinski definition) is 2. The Morgan fingerprint density at radius 3 is 2.33 bits per heavy atom. The Morgan fingerprint density at radius 2 is 1.78 bits per heavy atom. The summed E-state index contributed by atoms with van der Waals surface area (Å²) in [5.74, 6) is -0.399. The largest absolute Gasteiger partial charge is 0.481 e. The number of nitrogens with one attached hydrogen (secondary N) is 1. The Morgan fingerprint density at radius 1 is 1.17 bits per heavy atom. The number of rotatable bonds is 6. The van der Waals surface area contributed by atoms with Crippen LogP contribution in [-0.4, -0.2) is 23.5 Å². The van der Waals surface area contributed by atoms with Gasteiger partial charge in [-0.15, -0.1) is 0 Å². The van der Waals surface area contributed by atoms with E-state index in [0.29, 0.717) is 12.5 Å². The fourth-order valence-corrected chi connectivity index (χ4v) is 2.66. The minimum Gasteiger partial charge on any atom is -0.481 e. The van der Waals surface area contributed by atoms with E-state index in [2.05, 4.69) is 19.2 Å². The molecule has 0 aromatic heterocycles. The molecule has 104 valence electrons. The van der Waals surface area contributed by atoms with Crippen molar-refractivity contribution < 1.29 is 14.7 Å². The van der Waals surface area contributed by atoms with Gasteiger partial charge in [0.1, 0.15) is 0 Å². The summed E-state index contributed by atoms with van der Waals surface area (Å²) in [4.78, 5) is 21.9. The highest BCUT2D eigenvalue weighted by atomic mass is 16.4. The Labute approximate surface area is 109 Å². The molecule has 18 heavy (non-hydrogen) atoms. The average Bonchev–Trinajstić information content (AvgIpc) is 2.35. The van der Waals surface area contributed by atoms with E-state index >= 15 is 0 Å². The number of aliphatic carboxylic acids is 1. The van der Waals surface area contributed by atoms with Crippen molar-refractivity contribution in [3.63, 3.8) is 0 Å². The molecule has 0 aromatic rings. The molecule has 2 N–H and O–H groups in total. The number of carbonyl (C=O) groups excluding carboxylic acids is 1. The first-order valence-electron chi connectivity index (χ1n) is 6.90. The second-order valence-electron chi connectivity index (χ2n) is 5.99. The van der Waals surface area contributed by atoms with Gasteiger partial charge in [0.2, 0.25) is 5.91 Å². The third-order valence-corrected chi connectivity index (χ3v) is 4.02. The van der Waals surface area contributed by atoms with Crippen LogP contribution in [-0.2, 0) is 9.59 Å². The molecule has 4 nitrogen and oxygen atoms in total. The van der Waals surface area contributed by atoms with Gasteiger partial charge in [0.25, 0.3) is 0 Å². The van der Waals surface area contributed by atoms with Gasteiger partial charge < -0.3 is 10.4 Å². The number of carboxylic acids is 1. The molecule has 0 bridgehead atoms. The molecule has 0 atom stereocenters. The van der Waals surface area contributed by atoms with Crippen molar-refractivity contribution in [1.82, 2.24) is 5.32 Å². The zero-order valence-electron chi connectivity index (χ0n) is 11.5. The van der Waals surface area contributed by atoms with E-state index in [0.717, 1.165) is 0 Å². The van der Waals surface area contributed by atoms with Gasteiger partial charge in [0.15, 0.2) is 0 Å².